The predicted molar refractivity (Wildman–Crippen MR) is 73.8 cm³/mol. The molecule has 110 valence electrons. The third kappa shape index (κ3) is 3.54. The number of nitrogen functional groups attached to an aromatic ring is 1. The van der Waals surface area contributed by atoms with Crippen molar-refractivity contribution in [2.24, 2.45) is 5.84 Å². The smallest absolute Gasteiger partial charge is 0.273 e. The van der Waals surface area contributed by atoms with Gasteiger partial charge in [0.1, 0.15) is 6.61 Å². The minimum atomic E-state index is -0.506. The van der Waals surface area contributed by atoms with E-state index >= 15 is 0 Å². The number of nitro groups is 1. The maximum Gasteiger partial charge on any atom is 0.273 e. The van der Waals surface area contributed by atoms with Gasteiger partial charge in [0.25, 0.3) is 5.69 Å². The monoisotopic (exact) mass is 291 g/mol. The number of rotatable bonds is 6. The van der Waals surface area contributed by atoms with Crippen molar-refractivity contribution in [2.45, 2.75) is 6.61 Å². The molecule has 0 radical (unpaired) electrons. The second-order valence-corrected chi connectivity index (χ2v) is 3.92. The zero-order chi connectivity index (χ0) is 15.2. The number of nitrogens with zero attached hydrogens (tertiary/aromatic N) is 3. The molecule has 0 fully saturated rings. The Kier molecular flexibility index (Phi) is 4.46. The summed E-state index contributed by atoms with van der Waals surface area (Å²) in [5, 5.41) is 10.8. The minimum Gasteiger partial charge on any atom is -0.493 e. The number of hydrogen-bond donors (Lipinski definition) is 2. The number of hydrogen-bond acceptors (Lipinski definition) is 8. The molecule has 0 amide bonds. The summed E-state index contributed by atoms with van der Waals surface area (Å²) in [4.78, 5) is 18.3. The van der Waals surface area contributed by atoms with Crippen molar-refractivity contribution in [2.75, 3.05) is 12.5 Å². The summed E-state index contributed by atoms with van der Waals surface area (Å²) in [6.07, 6.45) is 2.93. The third-order valence-corrected chi connectivity index (χ3v) is 2.59. The molecule has 0 aliphatic heterocycles. The zero-order valence-electron chi connectivity index (χ0n) is 11.1. The molecule has 1 heterocycles. The van der Waals surface area contributed by atoms with Crippen molar-refractivity contribution in [3.05, 3.63) is 46.4 Å². The lowest BCUT2D eigenvalue weighted by atomic mass is 10.3. The number of nitro benzene ring substituents is 1. The largest absolute Gasteiger partial charge is 0.493 e. The molecule has 2 rings (SSSR count). The van der Waals surface area contributed by atoms with Crippen LogP contribution in [0.15, 0.2) is 30.6 Å². The highest BCUT2D eigenvalue weighted by Crippen LogP contribution is 2.31. The van der Waals surface area contributed by atoms with Gasteiger partial charge in [0.15, 0.2) is 17.3 Å². The molecule has 0 saturated carbocycles. The molecule has 0 aliphatic carbocycles. The molecule has 0 saturated heterocycles. The van der Waals surface area contributed by atoms with E-state index in [2.05, 4.69) is 15.4 Å². The van der Waals surface area contributed by atoms with Crippen LogP contribution in [0, 0.1) is 10.1 Å². The molecule has 0 aliphatic rings. The van der Waals surface area contributed by atoms with Gasteiger partial charge in [-0.1, -0.05) is 0 Å². The predicted octanol–water partition coefficient (Wildman–Crippen LogP) is 1.26. The van der Waals surface area contributed by atoms with Crippen molar-refractivity contribution in [3.8, 4) is 11.5 Å². The average Bonchev–Trinajstić information content (AvgIpc) is 2.53. The maximum absolute atomic E-state index is 10.8. The van der Waals surface area contributed by atoms with Crippen LogP contribution in [0.4, 0.5) is 11.5 Å². The van der Waals surface area contributed by atoms with E-state index in [4.69, 9.17) is 15.3 Å². The van der Waals surface area contributed by atoms with Crippen molar-refractivity contribution in [1.29, 1.82) is 0 Å². The van der Waals surface area contributed by atoms with Crippen LogP contribution < -0.4 is 20.7 Å². The first kappa shape index (κ1) is 14.5. The number of hydrazine groups is 1. The fraction of sp³-hybridized carbons (Fsp3) is 0.167. The number of aromatic nitrogens is 2. The van der Waals surface area contributed by atoms with Crippen molar-refractivity contribution in [3.63, 3.8) is 0 Å². The zero-order valence-corrected chi connectivity index (χ0v) is 11.1. The van der Waals surface area contributed by atoms with Gasteiger partial charge in [0, 0.05) is 6.07 Å². The molecule has 9 nitrogen and oxygen atoms in total. The molecule has 1 aromatic carbocycles. The van der Waals surface area contributed by atoms with Crippen LogP contribution in [-0.2, 0) is 6.61 Å². The molecule has 21 heavy (non-hydrogen) atoms. The molecule has 0 spiro atoms. The summed E-state index contributed by atoms with van der Waals surface area (Å²) in [7, 11) is 1.45. The van der Waals surface area contributed by atoms with Gasteiger partial charge < -0.3 is 14.9 Å². The number of benzene rings is 1. The molecular weight excluding hydrogens is 278 g/mol. The van der Waals surface area contributed by atoms with Gasteiger partial charge in [-0.25, -0.2) is 10.8 Å². The van der Waals surface area contributed by atoms with Crippen LogP contribution in [0.1, 0.15) is 5.69 Å². The lowest BCUT2D eigenvalue weighted by Crippen LogP contribution is -2.09. The molecule has 9 heteroatoms. The first-order valence-electron chi connectivity index (χ1n) is 5.87. The summed E-state index contributed by atoms with van der Waals surface area (Å²) >= 11 is 0. The Morgan fingerprint density at radius 2 is 2.14 bits per heavy atom. The molecule has 0 atom stereocenters. The number of ether oxygens (including phenoxy) is 2. The standard InChI is InChI=1S/C12H13N5O4/c1-20-10-3-2-9(17(18)19)4-11(10)21-7-8-5-15-12(16-13)6-14-8/h2-6H,7,13H2,1H3,(H,15,16). The first-order valence-corrected chi connectivity index (χ1v) is 5.87. The fourth-order valence-electron chi connectivity index (χ4n) is 1.55. The van der Waals surface area contributed by atoms with Crippen molar-refractivity contribution < 1.29 is 14.4 Å². The lowest BCUT2D eigenvalue weighted by molar-refractivity contribution is -0.385. The van der Waals surface area contributed by atoms with Crippen LogP contribution in [0.3, 0.4) is 0 Å². The highest BCUT2D eigenvalue weighted by molar-refractivity contribution is 5.48. The van der Waals surface area contributed by atoms with E-state index in [1.807, 2.05) is 0 Å². The highest BCUT2D eigenvalue weighted by Gasteiger charge is 2.12. The van der Waals surface area contributed by atoms with Crippen LogP contribution >= 0.6 is 0 Å². The SMILES string of the molecule is COc1ccc([N+](=O)[O-])cc1OCc1cnc(NN)cn1. The Hall–Kier alpha value is -2.94. The molecule has 3 N–H and O–H groups in total. The summed E-state index contributed by atoms with van der Waals surface area (Å²) in [5.41, 5.74) is 2.82. The number of methoxy groups -OCH3 is 1. The Labute approximate surface area is 119 Å². The molecular formula is C12H13N5O4. The Balaban J connectivity index is 2.13. The van der Waals surface area contributed by atoms with E-state index in [1.165, 1.54) is 37.7 Å². The Morgan fingerprint density at radius 1 is 1.33 bits per heavy atom. The van der Waals surface area contributed by atoms with E-state index in [0.29, 0.717) is 17.3 Å². The van der Waals surface area contributed by atoms with Gasteiger partial charge in [-0.15, -0.1) is 0 Å². The molecule has 0 bridgehead atoms. The summed E-state index contributed by atoms with van der Waals surface area (Å²) in [6, 6.07) is 4.11. The van der Waals surface area contributed by atoms with E-state index in [9.17, 15) is 10.1 Å². The van der Waals surface area contributed by atoms with Crippen LogP contribution in [0.5, 0.6) is 11.5 Å². The molecule has 1 aromatic heterocycles. The van der Waals surface area contributed by atoms with E-state index in [1.54, 1.807) is 0 Å². The van der Waals surface area contributed by atoms with Gasteiger partial charge in [-0.2, -0.15) is 0 Å². The van der Waals surface area contributed by atoms with Gasteiger partial charge in [0.2, 0.25) is 0 Å². The van der Waals surface area contributed by atoms with E-state index in [-0.39, 0.29) is 18.0 Å². The third-order valence-electron chi connectivity index (χ3n) is 2.59. The quantitative estimate of drug-likeness (QED) is 0.463. The van der Waals surface area contributed by atoms with E-state index < -0.39 is 4.92 Å². The van der Waals surface area contributed by atoms with Gasteiger partial charge in [-0.05, 0) is 6.07 Å². The van der Waals surface area contributed by atoms with Gasteiger partial charge in [-0.3, -0.25) is 15.1 Å². The second kappa shape index (κ2) is 6.48. The molecule has 0 unspecified atom stereocenters. The summed E-state index contributed by atoms with van der Waals surface area (Å²) in [6.45, 7) is 0.0926. The maximum atomic E-state index is 10.8. The number of nitrogens with one attached hydrogen (secondary N) is 1. The van der Waals surface area contributed by atoms with Crippen LogP contribution in [0.2, 0.25) is 0 Å². The van der Waals surface area contributed by atoms with Gasteiger partial charge in [0.05, 0.1) is 36.2 Å². The number of anilines is 1. The summed E-state index contributed by atoms with van der Waals surface area (Å²) < 4.78 is 10.6. The normalized spacial score (nSPS) is 10.0. The Bertz CT molecular complexity index is 632. The van der Waals surface area contributed by atoms with Crippen LogP contribution in [-0.4, -0.2) is 22.0 Å². The van der Waals surface area contributed by atoms with Crippen molar-refractivity contribution in [1.82, 2.24) is 9.97 Å². The van der Waals surface area contributed by atoms with Gasteiger partial charge >= 0.3 is 0 Å². The molecule has 2 aromatic rings. The fourth-order valence-corrected chi connectivity index (χ4v) is 1.55. The minimum absolute atomic E-state index is 0.0837. The lowest BCUT2D eigenvalue weighted by Gasteiger charge is -2.10. The van der Waals surface area contributed by atoms with Crippen molar-refractivity contribution >= 4 is 11.5 Å². The second-order valence-electron chi connectivity index (χ2n) is 3.92. The van der Waals surface area contributed by atoms with E-state index in [0.717, 1.165) is 0 Å². The highest BCUT2D eigenvalue weighted by atomic mass is 16.6. The Morgan fingerprint density at radius 3 is 2.71 bits per heavy atom. The first-order chi connectivity index (χ1) is 10.1. The topological polar surface area (TPSA) is 125 Å². The number of nitrogens with two attached hydrogens (primary N) is 1. The average molecular weight is 291 g/mol. The number of non-ortho nitro benzene ring substituents is 1. The van der Waals surface area contributed by atoms with Crippen LogP contribution in [0.25, 0.3) is 0 Å². The summed E-state index contributed by atoms with van der Waals surface area (Å²) in [5.74, 6) is 6.26.